The number of nitrogens with zero attached hydrogens (tertiary/aromatic N) is 3. The number of hydrogen-bond acceptors (Lipinski definition) is 3. The molecule has 1 heterocycles. The van der Waals surface area contributed by atoms with Crippen LogP contribution in [0.4, 0.5) is 0 Å². The first-order valence-corrected chi connectivity index (χ1v) is 5.96. The van der Waals surface area contributed by atoms with Crippen molar-refractivity contribution in [2.75, 3.05) is 19.7 Å². The van der Waals surface area contributed by atoms with E-state index in [2.05, 4.69) is 5.10 Å². The summed E-state index contributed by atoms with van der Waals surface area (Å²) in [4.78, 5) is 13.5. The van der Waals surface area contributed by atoms with E-state index in [-0.39, 0.29) is 12.5 Å². The summed E-state index contributed by atoms with van der Waals surface area (Å²) >= 11 is 0. The van der Waals surface area contributed by atoms with Crippen LogP contribution in [0.15, 0.2) is 6.20 Å². The Balaban J connectivity index is 2.50. The molecule has 0 aliphatic carbocycles. The second-order valence-corrected chi connectivity index (χ2v) is 4.08. The number of likely N-dealkylation sites (N-methyl/N-ethyl adjacent to an activating group) is 1. The minimum absolute atomic E-state index is 0.0193. The molecular formula is C12H21N3O2. The summed E-state index contributed by atoms with van der Waals surface area (Å²) in [5.74, 6) is 0.0878. The quantitative estimate of drug-likeness (QED) is 0.786. The molecule has 5 heteroatoms. The van der Waals surface area contributed by atoms with Gasteiger partial charge in [-0.2, -0.15) is 5.10 Å². The summed E-state index contributed by atoms with van der Waals surface area (Å²) < 4.78 is 1.81. The van der Waals surface area contributed by atoms with Crippen LogP contribution in [0.2, 0.25) is 0 Å². The minimum atomic E-state index is 0.0193. The van der Waals surface area contributed by atoms with Crippen molar-refractivity contribution >= 4 is 5.91 Å². The van der Waals surface area contributed by atoms with Crippen molar-refractivity contribution in [3.05, 3.63) is 17.5 Å². The van der Waals surface area contributed by atoms with Crippen molar-refractivity contribution in [1.82, 2.24) is 14.7 Å². The Kier molecular flexibility index (Phi) is 5.15. The maximum absolute atomic E-state index is 11.8. The molecule has 1 N–H and O–H groups in total. The van der Waals surface area contributed by atoms with Crippen molar-refractivity contribution in [2.45, 2.75) is 26.7 Å². The Bertz CT molecular complexity index is 374. The molecule has 0 aromatic carbocycles. The summed E-state index contributed by atoms with van der Waals surface area (Å²) in [6.07, 6.45) is 2.99. The zero-order chi connectivity index (χ0) is 12.8. The minimum Gasteiger partial charge on any atom is -0.395 e. The SMILES string of the molecule is CCN(CCO)C(=O)CCc1cnn(C)c1C. The van der Waals surface area contributed by atoms with E-state index in [9.17, 15) is 4.79 Å². The highest BCUT2D eigenvalue weighted by molar-refractivity contribution is 5.76. The van der Waals surface area contributed by atoms with Crippen LogP contribution < -0.4 is 0 Å². The number of aromatic nitrogens is 2. The lowest BCUT2D eigenvalue weighted by Gasteiger charge is -2.19. The number of carbonyl (C=O) groups is 1. The summed E-state index contributed by atoms with van der Waals surface area (Å²) in [6, 6.07) is 0. The van der Waals surface area contributed by atoms with Gasteiger partial charge in [-0.25, -0.2) is 0 Å². The first-order valence-electron chi connectivity index (χ1n) is 5.96. The molecule has 1 rings (SSSR count). The van der Waals surface area contributed by atoms with Gasteiger partial charge in [0.25, 0.3) is 0 Å². The van der Waals surface area contributed by atoms with Crippen molar-refractivity contribution in [1.29, 1.82) is 0 Å². The van der Waals surface area contributed by atoms with Crippen molar-refractivity contribution in [3.63, 3.8) is 0 Å². The second-order valence-electron chi connectivity index (χ2n) is 4.08. The lowest BCUT2D eigenvalue weighted by atomic mass is 10.1. The van der Waals surface area contributed by atoms with Gasteiger partial charge in [-0.15, -0.1) is 0 Å². The molecule has 0 spiro atoms. The van der Waals surface area contributed by atoms with Crippen LogP contribution in [0.25, 0.3) is 0 Å². The van der Waals surface area contributed by atoms with Gasteiger partial charge < -0.3 is 10.0 Å². The lowest BCUT2D eigenvalue weighted by Crippen LogP contribution is -2.33. The van der Waals surface area contributed by atoms with Crippen LogP contribution in [0.5, 0.6) is 0 Å². The molecule has 96 valence electrons. The summed E-state index contributed by atoms with van der Waals surface area (Å²) in [5, 5.41) is 13.0. The molecule has 0 radical (unpaired) electrons. The normalized spacial score (nSPS) is 10.6. The highest BCUT2D eigenvalue weighted by Gasteiger charge is 2.12. The number of amides is 1. The van der Waals surface area contributed by atoms with Crippen LogP contribution in [-0.2, 0) is 18.3 Å². The zero-order valence-electron chi connectivity index (χ0n) is 10.8. The van der Waals surface area contributed by atoms with Gasteiger partial charge in [-0.3, -0.25) is 9.48 Å². The van der Waals surface area contributed by atoms with Crippen LogP contribution in [-0.4, -0.2) is 45.4 Å². The van der Waals surface area contributed by atoms with Gasteiger partial charge >= 0.3 is 0 Å². The number of carbonyl (C=O) groups excluding carboxylic acids is 1. The first kappa shape index (κ1) is 13.7. The number of aryl methyl sites for hydroxylation is 2. The van der Waals surface area contributed by atoms with Gasteiger partial charge in [0, 0.05) is 32.3 Å². The topological polar surface area (TPSA) is 58.4 Å². The Hall–Kier alpha value is -1.36. The van der Waals surface area contributed by atoms with E-state index in [0.29, 0.717) is 25.9 Å². The Morgan fingerprint density at radius 1 is 1.59 bits per heavy atom. The van der Waals surface area contributed by atoms with Crippen LogP contribution in [0.3, 0.4) is 0 Å². The molecule has 0 bridgehead atoms. The predicted molar refractivity (Wildman–Crippen MR) is 65.6 cm³/mol. The van der Waals surface area contributed by atoms with Crippen LogP contribution in [0.1, 0.15) is 24.6 Å². The third-order valence-corrected chi connectivity index (χ3v) is 3.05. The standard InChI is InChI=1S/C12H21N3O2/c1-4-15(7-8-16)12(17)6-5-11-9-13-14(3)10(11)2/h9,16H,4-8H2,1-3H3. The van der Waals surface area contributed by atoms with E-state index in [1.54, 1.807) is 4.90 Å². The smallest absolute Gasteiger partial charge is 0.222 e. The molecule has 17 heavy (non-hydrogen) atoms. The summed E-state index contributed by atoms with van der Waals surface area (Å²) in [6.45, 7) is 5.00. The fourth-order valence-corrected chi connectivity index (χ4v) is 1.77. The highest BCUT2D eigenvalue weighted by atomic mass is 16.3. The van der Waals surface area contributed by atoms with Gasteiger partial charge in [-0.05, 0) is 25.8 Å². The molecule has 0 unspecified atom stereocenters. The molecule has 1 aromatic heterocycles. The molecule has 0 aliphatic heterocycles. The number of hydrogen-bond donors (Lipinski definition) is 1. The molecule has 1 aromatic rings. The Morgan fingerprint density at radius 2 is 2.29 bits per heavy atom. The third kappa shape index (κ3) is 3.56. The molecule has 1 amide bonds. The van der Waals surface area contributed by atoms with E-state index in [0.717, 1.165) is 11.3 Å². The average molecular weight is 239 g/mol. The van der Waals surface area contributed by atoms with E-state index < -0.39 is 0 Å². The average Bonchev–Trinajstić information content (AvgIpc) is 2.64. The van der Waals surface area contributed by atoms with Crippen molar-refractivity contribution in [2.24, 2.45) is 7.05 Å². The van der Waals surface area contributed by atoms with E-state index in [1.807, 2.05) is 31.8 Å². The van der Waals surface area contributed by atoms with Gasteiger partial charge in [0.05, 0.1) is 12.8 Å². The molecule has 0 fully saturated rings. The van der Waals surface area contributed by atoms with Gasteiger partial charge in [-0.1, -0.05) is 0 Å². The predicted octanol–water partition coefficient (Wildman–Crippen LogP) is 0.502. The van der Waals surface area contributed by atoms with E-state index in [4.69, 9.17) is 5.11 Å². The van der Waals surface area contributed by atoms with Gasteiger partial charge in [0.1, 0.15) is 0 Å². The maximum Gasteiger partial charge on any atom is 0.222 e. The molecule has 0 atom stereocenters. The number of aliphatic hydroxyl groups is 1. The van der Waals surface area contributed by atoms with E-state index in [1.165, 1.54) is 0 Å². The zero-order valence-corrected chi connectivity index (χ0v) is 10.8. The number of rotatable bonds is 6. The Labute approximate surface area is 102 Å². The first-order chi connectivity index (χ1) is 8.10. The molecule has 0 saturated carbocycles. The summed E-state index contributed by atoms with van der Waals surface area (Å²) in [5.41, 5.74) is 2.21. The molecule has 0 aliphatic rings. The van der Waals surface area contributed by atoms with Crippen LogP contribution in [0, 0.1) is 6.92 Å². The number of aliphatic hydroxyl groups excluding tert-OH is 1. The fraction of sp³-hybridized carbons (Fsp3) is 0.667. The van der Waals surface area contributed by atoms with Crippen molar-refractivity contribution < 1.29 is 9.90 Å². The third-order valence-electron chi connectivity index (χ3n) is 3.05. The largest absolute Gasteiger partial charge is 0.395 e. The second kappa shape index (κ2) is 6.39. The Morgan fingerprint density at radius 3 is 2.76 bits per heavy atom. The van der Waals surface area contributed by atoms with Gasteiger partial charge in [0.15, 0.2) is 0 Å². The summed E-state index contributed by atoms with van der Waals surface area (Å²) in [7, 11) is 1.89. The maximum atomic E-state index is 11.8. The lowest BCUT2D eigenvalue weighted by molar-refractivity contribution is -0.131. The van der Waals surface area contributed by atoms with E-state index >= 15 is 0 Å². The van der Waals surface area contributed by atoms with Crippen molar-refractivity contribution in [3.8, 4) is 0 Å². The molecule has 0 saturated heterocycles. The highest BCUT2D eigenvalue weighted by Crippen LogP contribution is 2.09. The van der Waals surface area contributed by atoms with Crippen LogP contribution >= 0.6 is 0 Å². The fourth-order valence-electron chi connectivity index (χ4n) is 1.77. The van der Waals surface area contributed by atoms with Gasteiger partial charge in [0.2, 0.25) is 5.91 Å². The molecular weight excluding hydrogens is 218 g/mol. The monoisotopic (exact) mass is 239 g/mol. The molecule has 5 nitrogen and oxygen atoms in total.